The topological polar surface area (TPSA) is 50.3 Å². The number of benzene rings is 2. The van der Waals surface area contributed by atoms with Gasteiger partial charge in [0, 0.05) is 40.6 Å². The summed E-state index contributed by atoms with van der Waals surface area (Å²) < 4.78 is 6.73. The van der Waals surface area contributed by atoms with Gasteiger partial charge in [0.05, 0.1) is 18.7 Å². The number of hydrogen-bond acceptors (Lipinski definition) is 5. The van der Waals surface area contributed by atoms with Crippen LogP contribution in [0.1, 0.15) is 37.7 Å². The van der Waals surface area contributed by atoms with Crippen LogP contribution in [0.15, 0.2) is 53.3 Å². The molecule has 3 aromatic rings. The van der Waals surface area contributed by atoms with Crippen molar-refractivity contribution < 1.29 is 4.74 Å². The van der Waals surface area contributed by atoms with Crippen LogP contribution in [0.4, 0.5) is 11.5 Å². The number of ether oxygens (including phenoxy) is 1. The monoisotopic (exact) mass is 480 g/mol. The lowest BCUT2D eigenvalue weighted by molar-refractivity contribution is 0.122. The van der Waals surface area contributed by atoms with Gasteiger partial charge < -0.3 is 15.0 Å². The van der Waals surface area contributed by atoms with Gasteiger partial charge >= 0.3 is 0 Å². The third-order valence-electron chi connectivity index (χ3n) is 6.85. The van der Waals surface area contributed by atoms with Crippen molar-refractivity contribution in [3.8, 4) is 0 Å². The molecule has 5 rings (SSSR count). The van der Waals surface area contributed by atoms with Gasteiger partial charge in [0.1, 0.15) is 12.1 Å². The summed E-state index contributed by atoms with van der Waals surface area (Å²) in [6.07, 6.45) is 7.94. The molecule has 0 radical (unpaired) electrons. The average Bonchev–Trinajstić information content (AvgIpc) is 2.84. The average molecular weight is 481 g/mol. The number of morpholine rings is 1. The first-order valence-corrected chi connectivity index (χ1v) is 12.1. The van der Waals surface area contributed by atoms with Crippen molar-refractivity contribution in [1.29, 1.82) is 0 Å². The minimum Gasteiger partial charge on any atom is -0.378 e. The molecular formula is C25H29BrN4O. The molecule has 1 saturated carbocycles. The fraction of sp³-hybridized carbons (Fsp3) is 0.440. The van der Waals surface area contributed by atoms with E-state index >= 15 is 0 Å². The number of hydrogen-bond donors (Lipinski definition) is 1. The van der Waals surface area contributed by atoms with E-state index < -0.39 is 0 Å². The van der Waals surface area contributed by atoms with Crippen LogP contribution in [0, 0.1) is 0 Å². The lowest BCUT2D eigenvalue weighted by Crippen LogP contribution is -2.37. The van der Waals surface area contributed by atoms with Crippen molar-refractivity contribution in [1.82, 2.24) is 9.97 Å². The Morgan fingerprint density at radius 3 is 2.61 bits per heavy atom. The lowest BCUT2D eigenvalue weighted by atomic mass is 9.69. The van der Waals surface area contributed by atoms with Crippen LogP contribution >= 0.6 is 15.9 Å². The molecule has 1 aliphatic heterocycles. The highest BCUT2D eigenvalue weighted by molar-refractivity contribution is 9.10. The van der Waals surface area contributed by atoms with Crippen molar-refractivity contribution in [3.63, 3.8) is 0 Å². The molecule has 2 aliphatic rings. The molecule has 0 unspecified atom stereocenters. The molecule has 1 aliphatic carbocycles. The van der Waals surface area contributed by atoms with E-state index in [1.54, 1.807) is 6.33 Å². The normalized spacial score (nSPS) is 18.8. The molecule has 162 valence electrons. The molecule has 2 heterocycles. The highest BCUT2D eigenvalue weighted by Gasteiger charge is 2.35. The molecule has 0 bridgehead atoms. The SMILES string of the molecule is Brc1ccccc1C1(CNc2ncnc3ccc(N4CCOCC4)cc23)CCCCC1. The fourth-order valence-corrected chi connectivity index (χ4v) is 5.82. The van der Waals surface area contributed by atoms with Crippen molar-refractivity contribution >= 4 is 38.3 Å². The Balaban J connectivity index is 1.45. The highest BCUT2D eigenvalue weighted by atomic mass is 79.9. The molecule has 2 fully saturated rings. The summed E-state index contributed by atoms with van der Waals surface area (Å²) in [7, 11) is 0. The minimum atomic E-state index is 0.122. The Labute approximate surface area is 192 Å². The van der Waals surface area contributed by atoms with Crippen molar-refractivity contribution in [2.45, 2.75) is 37.5 Å². The van der Waals surface area contributed by atoms with Crippen LogP contribution in [-0.2, 0) is 10.2 Å². The Morgan fingerprint density at radius 2 is 1.81 bits per heavy atom. The largest absolute Gasteiger partial charge is 0.378 e. The summed E-state index contributed by atoms with van der Waals surface area (Å²) in [6, 6.07) is 15.2. The predicted octanol–water partition coefficient (Wildman–Crippen LogP) is 5.54. The summed E-state index contributed by atoms with van der Waals surface area (Å²) in [4.78, 5) is 11.5. The second-order valence-electron chi connectivity index (χ2n) is 8.70. The first kappa shape index (κ1) is 20.7. The quantitative estimate of drug-likeness (QED) is 0.519. The number of halogens is 1. The summed E-state index contributed by atoms with van der Waals surface area (Å²) in [5, 5.41) is 4.83. The van der Waals surface area contributed by atoms with E-state index in [1.807, 2.05) is 0 Å². The molecule has 1 aromatic heterocycles. The predicted molar refractivity (Wildman–Crippen MR) is 130 cm³/mol. The summed E-state index contributed by atoms with van der Waals surface area (Å²) in [5.41, 5.74) is 3.73. The standard InChI is InChI=1S/C25H29BrN4O/c26-22-7-3-2-6-21(22)25(10-4-1-5-11-25)17-27-24-20-16-19(30-12-14-31-15-13-30)8-9-23(20)28-18-29-24/h2-3,6-9,16,18H,1,4-5,10-15,17H2,(H,27,28,29). The van der Waals surface area contributed by atoms with Crippen LogP contribution < -0.4 is 10.2 Å². The van der Waals surface area contributed by atoms with Gasteiger partial charge in [0.2, 0.25) is 0 Å². The molecule has 1 N–H and O–H groups in total. The van der Waals surface area contributed by atoms with E-state index in [9.17, 15) is 0 Å². The number of nitrogens with zero attached hydrogens (tertiary/aromatic N) is 3. The van der Waals surface area contributed by atoms with Crippen molar-refractivity contribution in [2.24, 2.45) is 0 Å². The van der Waals surface area contributed by atoms with Gasteiger partial charge in [-0.05, 0) is 42.7 Å². The van der Waals surface area contributed by atoms with Crippen molar-refractivity contribution in [2.75, 3.05) is 43.1 Å². The molecule has 0 atom stereocenters. The summed E-state index contributed by atoms with van der Waals surface area (Å²) >= 11 is 3.82. The fourth-order valence-electron chi connectivity index (χ4n) is 5.12. The van der Waals surface area contributed by atoms with Crippen molar-refractivity contribution in [3.05, 3.63) is 58.8 Å². The minimum absolute atomic E-state index is 0.122. The first-order chi connectivity index (χ1) is 15.3. The second kappa shape index (κ2) is 9.13. The zero-order valence-electron chi connectivity index (χ0n) is 17.8. The lowest BCUT2D eigenvalue weighted by Gasteiger charge is -2.39. The van der Waals surface area contributed by atoms with Crippen LogP contribution in [0.3, 0.4) is 0 Å². The van der Waals surface area contributed by atoms with E-state index in [0.29, 0.717) is 0 Å². The number of nitrogens with one attached hydrogen (secondary N) is 1. The van der Waals surface area contributed by atoms with E-state index in [2.05, 4.69) is 78.6 Å². The van der Waals surface area contributed by atoms with Gasteiger partial charge in [-0.1, -0.05) is 53.4 Å². The Kier molecular flexibility index (Phi) is 6.10. The highest BCUT2D eigenvalue weighted by Crippen LogP contribution is 2.42. The van der Waals surface area contributed by atoms with E-state index in [-0.39, 0.29) is 5.41 Å². The molecule has 0 spiro atoms. The number of aromatic nitrogens is 2. The maximum absolute atomic E-state index is 5.52. The molecule has 31 heavy (non-hydrogen) atoms. The van der Waals surface area contributed by atoms with Gasteiger partial charge in [0.25, 0.3) is 0 Å². The van der Waals surface area contributed by atoms with Crippen LogP contribution in [-0.4, -0.2) is 42.8 Å². The van der Waals surface area contributed by atoms with Gasteiger partial charge in [-0.15, -0.1) is 0 Å². The molecule has 0 amide bonds. The van der Waals surface area contributed by atoms with Crippen LogP contribution in [0.25, 0.3) is 10.9 Å². The van der Waals surface area contributed by atoms with E-state index in [4.69, 9.17) is 4.74 Å². The summed E-state index contributed by atoms with van der Waals surface area (Å²) in [5.74, 6) is 0.928. The first-order valence-electron chi connectivity index (χ1n) is 11.3. The molecular weight excluding hydrogens is 452 g/mol. The van der Waals surface area contributed by atoms with E-state index in [0.717, 1.165) is 49.6 Å². The summed E-state index contributed by atoms with van der Waals surface area (Å²) in [6.45, 7) is 4.29. The smallest absolute Gasteiger partial charge is 0.137 e. The molecule has 1 saturated heterocycles. The second-order valence-corrected chi connectivity index (χ2v) is 9.55. The molecule has 6 heteroatoms. The molecule has 2 aromatic carbocycles. The number of anilines is 2. The number of rotatable bonds is 5. The third-order valence-corrected chi connectivity index (χ3v) is 7.54. The molecule has 5 nitrogen and oxygen atoms in total. The Hall–Kier alpha value is -2.18. The van der Waals surface area contributed by atoms with Crippen LogP contribution in [0.2, 0.25) is 0 Å². The maximum Gasteiger partial charge on any atom is 0.137 e. The van der Waals surface area contributed by atoms with Gasteiger partial charge in [-0.2, -0.15) is 0 Å². The third kappa shape index (κ3) is 4.28. The van der Waals surface area contributed by atoms with Gasteiger partial charge in [-0.3, -0.25) is 0 Å². The Bertz CT molecular complexity index is 1040. The van der Waals surface area contributed by atoms with Crippen LogP contribution in [0.5, 0.6) is 0 Å². The van der Waals surface area contributed by atoms with Gasteiger partial charge in [-0.25, -0.2) is 9.97 Å². The number of fused-ring (bicyclic) bond motifs is 1. The van der Waals surface area contributed by atoms with Gasteiger partial charge in [0.15, 0.2) is 0 Å². The van der Waals surface area contributed by atoms with E-state index in [1.165, 1.54) is 47.8 Å². The zero-order valence-corrected chi connectivity index (χ0v) is 19.4. The Morgan fingerprint density at radius 1 is 1.00 bits per heavy atom. The zero-order chi connectivity index (χ0) is 21.1. The maximum atomic E-state index is 5.52.